The summed E-state index contributed by atoms with van der Waals surface area (Å²) in [6.45, 7) is 4.74. The number of aliphatic hydroxyl groups is 2. The lowest BCUT2D eigenvalue weighted by Gasteiger charge is -2.31. The van der Waals surface area contributed by atoms with Gasteiger partial charge in [-0.3, -0.25) is 0 Å². The van der Waals surface area contributed by atoms with E-state index in [1.807, 2.05) is 13.8 Å². The Morgan fingerprint density at radius 1 is 1.07 bits per heavy atom. The van der Waals surface area contributed by atoms with E-state index in [2.05, 4.69) is 0 Å². The van der Waals surface area contributed by atoms with Crippen LogP contribution in [0.3, 0.4) is 0 Å². The van der Waals surface area contributed by atoms with Crippen LogP contribution in [0.4, 0.5) is 0 Å². The maximum atomic E-state index is 11.0. The Balaban J connectivity index is 0. The van der Waals surface area contributed by atoms with E-state index in [0.29, 0.717) is 0 Å². The molecule has 15 heavy (non-hydrogen) atoms. The summed E-state index contributed by atoms with van der Waals surface area (Å²) in [7, 11) is -4.28. The molecule has 0 fully saturated rings. The molecule has 0 aromatic carbocycles. The smallest absolute Gasteiger partial charge is 0.390 e. The van der Waals surface area contributed by atoms with E-state index in [4.69, 9.17) is 14.8 Å². The fourth-order valence-corrected chi connectivity index (χ4v) is 2.14. The zero-order valence-corrected chi connectivity index (χ0v) is 10.4. The van der Waals surface area contributed by atoms with Crippen molar-refractivity contribution < 1.29 is 27.1 Å². The van der Waals surface area contributed by atoms with Crippen LogP contribution in [0.25, 0.3) is 0 Å². The molecule has 0 aromatic heterocycles. The van der Waals surface area contributed by atoms with E-state index < -0.39 is 14.2 Å². The van der Waals surface area contributed by atoms with Crippen molar-refractivity contribution >= 4 is 10.3 Å². The number of likely N-dealkylation sites (N-methyl/N-ethyl adjacent to an activating group) is 1. The quantitative estimate of drug-likeness (QED) is 0.438. The van der Waals surface area contributed by atoms with Gasteiger partial charge in [-0.05, 0) is 6.92 Å². The predicted molar refractivity (Wildman–Crippen MR) is 57.6 cm³/mol. The van der Waals surface area contributed by atoms with Gasteiger partial charge in [0, 0.05) is 0 Å². The Bertz CT molecular complexity index is 233. The van der Waals surface area contributed by atoms with Gasteiger partial charge in [-0.1, -0.05) is 13.8 Å². The van der Waals surface area contributed by atoms with E-state index >= 15 is 0 Å². The molecule has 0 saturated carbocycles. The number of hydrogen-bond acceptors (Lipinski definition) is 4. The highest BCUT2D eigenvalue weighted by atomic mass is 32.2. The van der Waals surface area contributed by atoms with Gasteiger partial charge >= 0.3 is 10.3 Å². The molecule has 0 rings (SSSR count). The first-order valence-electron chi connectivity index (χ1n) is 4.99. The summed E-state index contributed by atoms with van der Waals surface area (Å²) in [5.74, 6) is 0. The minimum atomic E-state index is -4.28. The highest BCUT2D eigenvalue weighted by Crippen LogP contribution is 2.12. The molecule has 0 radical (unpaired) electrons. The average molecular weight is 244 g/mol. The molecule has 94 valence electrons. The Hall–Kier alpha value is -0.210. The normalized spacial score (nSPS) is 11.9. The SMILES string of the molecule is CC.CC[N+](CCO)(CCO)S(=O)(=O)O. The third-order valence-corrected chi connectivity index (χ3v) is 3.68. The van der Waals surface area contributed by atoms with Crippen molar-refractivity contribution in [3.8, 4) is 0 Å². The van der Waals surface area contributed by atoms with Crippen LogP contribution < -0.4 is 0 Å². The topological polar surface area (TPSA) is 94.8 Å². The summed E-state index contributed by atoms with van der Waals surface area (Å²) in [4.78, 5) is 0. The van der Waals surface area contributed by atoms with Crippen molar-refractivity contribution in [2.24, 2.45) is 0 Å². The molecule has 0 aromatic rings. The first-order chi connectivity index (χ1) is 6.93. The molecule has 0 unspecified atom stereocenters. The van der Waals surface area contributed by atoms with Crippen molar-refractivity contribution in [3.05, 3.63) is 0 Å². The van der Waals surface area contributed by atoms with Gasteiger partial charge in [0.1, 0.15) is 13.1 Å². The summed E-state index contributed by atoms with van der Waals surface area (Å²) in [6.07, 6.45) is 0. The molecule has 6 nitrogen and oxygen atoms in total. The van der Waals surface area contributed by atoms with Gasteiger partial charge < -0.3 is 10.2 Å². The molecule has 0 aliphatic carbocycles. The molecule has 0 amide bonds. The van der Waals surface area contributed by atoms with Crippen LogP contribution in [-0.4, -0.2) is 59.9 Å². The summed E-state index contributed by atoms with van der Waals surface area (Å²) in [5.41, 5.74) is 0. The molecule has 3 N–H and O–H groups in total. The Morgan fingerprint density at radius 3 is 1.53 bits per heavy atom. The van der Waals surface area contributed by atoms with E-state index in [-0.39, 0.29) is 32.8 Å². The summed E-state index contributed by atoms with van der Waals surface area (Å²) >= 11 is 0. The van der Waals surface area contributed by atoms with Gasteiger partial charge in [0.15, 0.2) is 0 Å². The van der Waals surface area contributed by atoms with Crippen molar-refractivity contribution in [2.45, 2.75) is 20.8 Å². The van der Waals surface area contributed by atoms with Crippen LogP contribution in [0.15, 0.2) is 0 Å². The van der Waals surface area contributed by atoms with Crippen molar-refractivity contribution in [2.75, 3.05) is 32.8 Å². The lowest BCUT2D eigenvalue weighted by molar-refractivity contribution is -0.810. The molecule has 7 heteroatoms. The molecular formula is C8H22NO5S+. The van der Waals surface area contributed by atoms with Crippen LogP contribution >= 0.6 is 0 Å². The zero-order valence-electron chi connectivity index (χ0n) is 9.55. The maximum Gasteiger partial charge on any atom is 0.433 e. The monoisotopic (exact) mass is 244 g/mol. The summed E-state index contributed by atoms with van der Waals surface area (Å²) < 4.78 is 30.2. The van der Waals surface area contributed by atoms with Gasteiger partial charge in [0.05, 0.1) is 19.8 Å². The standard InChI is InChI=1S/C6H15NO5S.C2H6/c1-2-7(3-5-8,4-6-9)13(10,11)12;1-2/h8-9H,2-6H2,1H3;1-2H3/p+1. The second-order valence-electron chi connectivity index (χ2n) is 2.72. The van der Waals surface area contributed by atoms with Crippen LogP contribution in [0.2, 0.25) is 0 Å². The van der Waals surface area contributed by atoms with E-state index in [0.717, 1.165) is 0 Å². The van der Waals surface area contributed by atoms with Crippen LogP contribution in [0.1, 0.15) is 20.8 Å². The molecule has 0 spiro atoms. The number of nitrogens with zero attached hydrogens (tertiary/aromatic N) is 1. The Labute approximate surface area is 91.6 Å². The van der Waals surface area contributed by atoms with Gasteiger partial charge in [0.25, 0.3) is 0 Å². The van der Waals surface area contributed by atoms with Gasteiger partial charge in [0.2, 0.25) is 0 Å². The molecule has 0 saturated heterocycles. The minimum absolute atomic E-state index is 0.111. The molecule has 0 heterocycles. The second-order valence-corrected chi connectivity index (χ2v) is 4.39. The van der Waals surface area contributed by atoms with Crippen LogP contribution in [0, 0.1) is 0 Å². The molecule has 0 aliphatic rings. The van der Waals surface area contributed by atoms with E-state index in [9.17, 15) is 8.42 Å². The number of quaternary nitrogens is 1. The van der Waals surface area contributed by atoms with Crippen LogP contribution in [0.5, 0.6) is 0 Å². The van der Waals surface area contributed by atoms with Crippen molar-refractivity contribution in [1.29, 1.82) is 0 Å². The zero-order chi connectivity index (χ0) is 12.5. The van der Waals surface area contributed by atoms with Gasteiger partial charge in [-0.25, -0.2) is 4.55 Å². The minimum Gasteiger partial charge on any atom is -0.390 e. The maximum absolute atomic E-state index is 11.0. The van der Waals surface area contributed by atoms with Gasteiger partial charge in [-0.15, -0.1) is 8.42 Å². The Morgan fingerprint density at radius 2 is 1.40 bits per heavy atom. The lowest BCUT2D eigenvalue weighted by atomic mass is 10.5. The first-order valence-corrected chi connectivity index (χ1v) is 6.38. The number of aliphatic hydroxyl groups excluding tert-OH is 2. The summed E-state index contributed by atoms with van der Waals surface area (Å²) in [5, 5.41) is 17.3. The molecule has 0 bridgehead atoms. The highest BCUT2D eigenvalue weighted by Gasteiger charge is 2.38. The van der Waals surface area contributed by atoms with Gasteiger partial charge in [-0.2, -0.15) is 3.89 Å². The average Bonchev–Trinajstić information content (AvgIpc) is 2.18. The summed E-state index contributed by atoms with van der Waals surface area (Å²) in [6, 6.07) is 0. The number of rotatable bonds is 6. The third-order valence-electron chi connectivity index (χ3n) is 2.08. The van der Waals surface area contributed by atoms with Crippen molar-refractivity contribution in [1.82, 2.24) is 0 Å². The Kier molecular flexibility index (Phi) is 9.17. The van der Waals surface area contributed by atoms with E-state index in [1.165, 1.54) is 0 Å². The second kappa shape index (κ2) is 8.00. The molecule has 0 atom stereocenters. The van der Waals surface area contributed by atoms with Crippen LogP contribution in [-0.2, 0) is 10.3 Å². The molecule has 0 aliphatic heterocycles. The fraction of sp³-hybridized carbons (Fsp3) is 1.00. The molecular weight excluding hydrogens is 222 g/mol. The lowest BCUT2D eigenvalue weighted by Crippen LogP contribution is -2.55. The first kappa shape index (κ1) is 17.2. The number of hydrogen-bond donors (Lipinski definition) is 3. The van der Waals surface area contributed by atoms with E-state index in [1.54, 1.807) is 6.92 Å². The predicted octanol–water partition coefficient (Wildman–Crippen LogP) is -0.363. The third kappa shape index (κ3) is 4.89. The fourth-order valence-electron chi connectivity index (χ4n) is 1.19. The highest BCUT2D eigenvalue weighted by molar-refractivity contribution is 7.80. The largest absolute Gasteiger partial charge is 0.433 e. The van der Waals surface area contributed by atoms with Crippen molar-refractivity contribution in [3.63, 3.8) is 0 Å².